The number of nitrogens with one attached hydrogen (secondary N) is 1. The normalized spacial score (nSPS) is 22.1. The van der Waals surface area contributed by atoms with E-state index in [0.29, 0.717) is 19.0 Å². The molecule has 1 aromatic carbocycles. The van der Waals surface area contributed by atoms with Crippen LogP contribution in [0.2, 0.25) is 0 Å². The Kier molecular flexibility index (Phi) is 5.37. The first-order valence-corrected chi connectivity index (χ1v) is 8.82. The molecule has 0 bridgehead atoms. The molecule has 118 valence electrons. The van der Waals surface area contributed by atoms with E-state index in [1.54, 1.807) is 0 Å². The number of rotatable bonds is 5. The Balaban J connectivity index is 1.97. The first kappa shape index (κ1) is 16.4. The number of aryl methyl sites for hydroxylation is 1. The van der Waals surface area contributed by atoms with Crippen molar-refractivity contribution in [1.82, 2.24) is 9.03 Å². The van der Waals surface area contributed by atoms with Crippen LogP contribution in [0.25, 0.3) is 0 Å². The first-order valence-electron chi connectivity index (χ1n) is 7.38. The highest BCUT2D eigenvalue weighted by Gasteiger charge is 2.27. The summed E-state index contributed by atoms with van der Waals surface area (Å²) in [7, 11) is -3.51. The molecule has 0 amide bonds. The van der Waals surface area contributed by atoms with Crippen molar-refractivity contribution < 1.29 is 13.5 Å². The van der Waals surface area contributed by atoms with Gasteiger partial charge in [-0.15, -0.1) is 0 Å². The minimum Gasteiger partial charge on any atom is -0.387 e. The van der Waals surface area contributed by atoms with Gasteiger partial charge in [0.05, 0.1) is 6.10 Å². The monoisotopic (exact) mass is 312 g/mol. The maximum Gasteiger partial charge on any atom is 0.279 e. The van der Waals surface area contributed by atoms with Crippen LogP contribution in [0, 0.1) is 12.8 Å². The van der Waals surface area contributed by atoms with Gasteiger partial charge in [-0.3, -0.25) is 0 Å². The third-order valence-corrected chi connectivity index (χ3v) is 5.51. The molecular weight excluding hydrogens is 288 g/mol. The van der Waals surface area contributed by atoms with Crippen LogP contribution >= 0.6 is 0 Å². The maximum absolute atomic E-state index is 12.3. The van der Waals surface area contributed by atoms with Gasteiger partial charge in [0.2, 0.25) is 0 Å². The highest BCUT2D eigenvalue weighted by Crippen LogP contribution is 2.19. The molecule has 0 aliphatic carbocycles. The lowest BCUT2D eigenvalue weighted by Gasteiger charge is -2.30. The van der Waals surface area contributed by atoms with E-state index in [9.17, 15) is 13.5 Å². The Hall–Kier alpha value is -0.950. The average molecular weight is 312 g/mol. The maximum atomic E-state index is 12.3. The molecule has 2 atom stereocenters. The summed E-state index contributed by atoms with van der Waals surface area (Å²) in [4.78, 5) is 0. The van der Waals surface area contributed by atoms with Gasteiger partial charge in [0, 0.05) is 19.6 Å². The van der Waals surface area contributed by atoms with E-state index in [2.05, 4.69) is 11.6 Å². The van der Waals surface area contributed by atoms with Crippen LogP contribution in [-0.4, -0.2) is 37.5 Å². The van der Waals surface area contributed by atoms with Gasteiger partial charge in [-0.1, -0.05) is 31.2 Å². The van der Waals surface area contributed by atoms with Crippen LogP contribution < -0.4 is 4.72 Å². The van der Waals surface area contributed by atoms with E-state index in [1.165, 1.54) is 4.31 Å². The molecular formula is C15H24N2O3S. The van der Waals surface area contributed by atoms with E-state index in [1.807, 2.05) is 31.2 Å². The van der Waals surface area contributed by atoms with E-state index >= 15 is 0 Å². The van der Waals surface area contributed by atoms with Crippen LogP contribution in [0.3, 0.4) is 0 Å². The van der Waals surface area contributed by atoms with Crippen molar-refractivity contribution in [2.45, 2.75) is 32.8 Å². The van der Waals surface area contributed by atoms with Crippen molar-refractivity contribution >= 4 is 10.2 Å². The van der Waals surface area contributed by atoms with Gasteiger partial charge in [0.15, 0.2) is 0 Å². The van der Waals surface area contributed by atoms with Crippen LogP contribution in [0.15, 0.2) is 24.3 Å². The second-order valence-electron chi connectivity index (χ2n) is 5.83. The summed E-state index contributed by atoms with van der Waals surface area (Å²) in [5.74, 6) is 0.386. The molecule has 0 saturated carbocycles. The lowest BCUT2D eigenvalue weighted by molar-refractivity contribution is 0.179. The Bertz CT molecular complexity index is 574. The number of piperidine rings is 1. The predicted octanol–water partition coefficient (Wildman–Crippen LogP) is 1.59. The average Bonchev–Trinajstić information content (AvgIpc) is 2.45. The lowest BCUT2D eigenvalue weighted by Crippen LogP contribution is -2.46. The van der Waals surface area contributed by atoms with E-state index in [4.69, 9.17) is 0 Å². The van der Waals surface area contributed by atoms with Gasteiger partial charge < -0.3 is 5.11 Å². The second-order valence-corrected chi connectivity index (χ2v) is 7.59. The number of nitrogens with zero attached hydrogens (tertiary/aromatic N) is 1. The van der Waals surface area contributed by atoms with E-state index in [0.717, 1.165) is 24.0 Å². The van der Waals surface area contributed by atoms with Gasteiger partial charge in [0.25, 0.3) is 10.2 Å². The van der Waals surface area contributed by atoms with E-state index in [-0.39, 0.29) is 6.54 Å². The zero-order valence-corrected chi connectivity index (χ0v) is 13.4. The molecule has 1 fully saturated rings. The van der Waals surface area contributed by atoms with Gasteiger partial charge in [0.1, 0.15) is 0 Å². The van der Waals surface area contributed by atoms with E-state index < -0.39 is 16.3 Å². The van der Waals surface area contributed by atoms with Gasteiger partial charge in [-0.25, -0.2) is 0 Å². The highest BCUT2D eigenvalue weighted by molar-refractivity contribution is 7.87. The minimum absolute atomic E-state index is 0.00192. The zero-order valence-electron chi connectivity index (χ0n) is 12.6. The smallest absolute Gasteiger partial charge is 0.279 e. The molecule has 1 heterocycles. The van der Waals surface area contributed by atoms with Crippen molar-refractivity contribution in [3.63, 3.8) is 0 Å². The summed E-state index contributed by atoms with van der Waals surface area (Å²) in [6.07, 6.45) is 1.13. The topological polar surface area (TPSA) is 69.6 Å². The summed E-state index contributed by atoms with van der Waals surface area (Å²) in [6, 6.07) is 7.45. The van der Waals surface area contributed by atoms with Gasteiger partial charge in [-0.05, 0) is 36.8 Å². The third kappa shape index (κ3) is 4.26. The van der Waals surface area contributed by atoms with Crippen molar-refractivity contribution in [3.8, 4) is 0 Å². The fourth-order valence-electron chi connectivity index (χ4n) is 2.71. The SMILES string of the molecule is Cc1ccccc1[C@H](O)CNS(=O)(=O)N1CCC[C@H](C)C1. The molecule has 1 aliphatic heterocycles. The van der Waals surface area contributed by atoms with Crippen molar-refractivity contribution in [2.24, 2.45) is 5.92 Å². The number of hydrogen-bond donors (Lipinski definition) is 2. The molecule has 21 heavy (non-hydrogen) atoms. The standard InChI is InChI=1S/C15H24N2O3S/c1-12-6-5-9-17(11-12)21(19,20)16-10-15(18)14-8-4-3-7-13(14)2/h3-4,7-8,12,15-16,18H,5-6,9-11H2,1-2H3/t12-,15+/m0/s1. The highest BCUT2D eigenvalue weighted by atomic mass is 32.2. The second kappa shape index (κ2) is 6.87. The van der Waals surface area contributed by atoms with Crippen LogP contribution in [0.1, 0.15) is 37.0 Å². The molecule has 5 nitrogen and oxygen atoms in total. The molecule has 0 spiro atoms. The number of aliphatic hydroxyl groups is 1. The third-order valence-electron chi connectivity index (χ3n) is 3.97. The first-order chi connectivity index (χ1) is 9.90. The fourth-order valence-corrected chi connectivity index (χ4v) is 4.08. The Morgan fingerprint density at radius 3 is 2.81 bits per heavy atom. The van der Waals surface area contributed by atoms with Crippen molar-refractivity contribution in [2.75, 3.05) is 19.6 Å². The van der Waals surface area contributed by atoms with Gasteiger partial charge >= 0.3 is 0 Å². The van der Waals surface area contributed by atoms with Crippen molar-refractivity contribution in [3.05, 3.63) is 35.4 Å². The number of aliphatic hydroxyl groups excluding tert-OH is 1. The number of benzene rings is 1. The van der Waals surface area contributed by atoms with Crippen LogP contribution in [-0.2, 0) is 10.2 Å². The summed E-state index contributed by atoms with van der Waals surface area (Å²) in [5.41, 5.74) is 1.71. The molecule has 0 aromatic heterocycles. The molecule has 2 N–H and O–H groups in total. The van der Waals surface area contributed by atoms with Crippen LogP contribution in [0.5, 0.6) is 0 Å². The summed E-state index contributed by atoms with van der Waals surface area (Å²) < 4.78 is 28.5. The largest absolute Gasteiger partial charge is 0.387 e. The Morgan fingerprint density at radius 2 is 2.14 bits per heavy atom. The predicted molar refractivity (Wildman–Crippen MR) is 83.0 cm³/mol. The molecule has 1 saturated heterocycles. The molecule has 1 aliphatic rings. The molecule has 1 aromatic rings. The number of hydrogen-bond acceptors (Lipinski definition) is 3. The van der Waals surface area contributed by atoms with Gasteiger partial charge in [-0.2, -0.15) is 17.4 Å². The Labute approximate surface area is 127 Å². The van der Waals surface area contributed by atoms with Crippen LogP contribution in [0.4, 0.5) is 0 Å². The quantitative estimate of drug-likeness (QED) is 0.867. The summed E-state index contributed by atoms with van der Waals surface area (Å²) in [6.45, 7) is 5.07. The molecule has 0 unspecified atom stereocenters. The lowest BCUT2D eigenvalue weighted by atomic mass is 10.0. The minimum atomic E-state index is -3.51. The molecule has 0 radical (unpaired) electrons. The summed E-state index contributed by atoms with van der Waals surface area (Å²) in [5, 5.41) is 10.2. The molecule has 2 rings (SSSR count). The fraction of sp³-hybridized carbons (Fsp3) is 0.600. The van der Waals surface area contributed by atoms with Crippen molar-refractivity contribution in [1.29, 1.82) is 0 Å². The zero-order chi connectivity index (χ0) is 15.5. The molecule has 6 heteroatoms. The summed E-state index contributed by atoms with van der Waals surface area (Å²) >= 11 is 0. The Morgan fingerprint density at radius 1 is 1.43 bits per heavy atom.